The van der Waals surface area contributed by atoms with Crippen LogP contribution in [0.25, 0.3) is 11.3 Å². The molecule has 6 rings (SSSR count). The summed E-state index contributed by atoms with van der Waals surface area (Å²) in [7, 11) is 0. The lowest BCUT2D eigenvalue weighted by Crippen LogP contribution is -3.09. The van der Waals surface area contributed by atoms with Crippen LogP contribution in [0.5, 0.6) is 5.75 Å². The number of fused-ring (bicyclic) bond motifs is 1. The van der Waals surface area contributed by atoms with Gasteiger partial charge in [-0.05, 0) is 81.3 Å². The molecule has 3 aliphatic rings. The van der Waals surface area contributed by atoms with Gasteiger partial charge in [-0.25, -0.2) is 9.78 Å². The zero-order valence-corrected chi connectivity index (χ0v) is 22.8. The fourth-order valence-electron chi connectivity index (χ4n) is 5.61. The van der Waals surface area contributed by atoms with Crippen LogP contribution < -0.4 is 15.0 Å². The second kappa shape index (κ2) is 11.5. The summed E-state index contributed by atoms with van der Waals surface area (Å²) in [6, 6.07) is 16.8. The number of hydrogen-bond acceptors (Lipinski definition) is 6. The number of hydrogen-bond donors (Lipinski definition) is 2. The number of nitriles is 1. The third kappa shape index (κ3) is 5.58. The topological polar surface area (TPSA) is 106 Å². The number of anilines is 1. The number of carbonyl (C=O) groups excluding carboxylic acids is 1. The van der Waals surface area contributed by atoms with Gasteiger partial charge in [-0.2, -0.15) is 10.4 Å². The molecule has 2 atom stereocenters. The Morgan fingerprint density at radius 1 is 1.18 bits per heavy atom. The number of amides is 1. The Morgan fingerprint density at radius 3 is 2.67 bits per heavy atom. The minimum absolute atomic E-state index is 0.0623. The maximum absolute atomic E-state index is 12.3. The van der Waals surface area contributed by atoms with E-state index in [1.807, 2.05) is 48.0 Å². The number of ether oxygens (including phenoxy) is 2. The van der Waals surface area contributed by atoms with E-state index in [0.29, 0.717) is 29.8 Å². The summed E-state index contributed by atoms with van der Waals surface area (Å²) in [6.07, 6.45) is 10.3. The highest BCUT2D eigenvalue weighted by molar-refractivity contribution is 6.00. The molecule has 2 fully saturated rings. The molecule has 9 nitrogen and oxygen atoms in total. The molecule has 2 N–H and O–H groups in total. The summed E-state index contributed by atoms with van der Waals surface area (Å²) in [6.45, 7) is 3.39. The Morgan fingerprint density at radius 2 is 2.00 bits per heavy atom. The third-order valence-corrected chi connectivity index (χ3v) is 8.21. The molecule has 2 aliphatic carbocycles. The molecule has 2 aromatic carbocycles. The first-order valence-corrected chi connectivity index (χ1v) is 14.3. The summed E-state index contributed by atoms with van der Waals surface area (Å²) in [4.78, 5) is 17.5. The first-order valence-electron chi connectivity index (χ1n) is 14.3. The molecule has 2 saturated carbocycles. The first-order chi connectivity index (χ1) is 19.6. The van der Waals surface area contributed by atoms with E-state index in [0.717, 1.165) is 73.3 Å². The smallest absolute Gasteiger partial charge is 0.411 e. The van der Waals surface area contributed by atoms with Crippen molar-refractivity contribution in [2.24, 2.45) is 5.92 Å². The molecule has 9 heteroatoms. The normalized spacial score (nSPS) is 18.9. The van der Waals surface area contributed by atoms with Crippen molar-refractivity contribution in [3.8, 4) is 11.8 Å². The van der Waals surface area contributed by atoms with Crippen molar-refractivity contribution in [2.75, 3.05) is 11.9 Å². The van der Waals surface area contributed by atoms with Crippen LogP contribution in [0, 0.1) is 17.2 Å². The van der Waals surface area contributed by atoms with Crippen molar-refractivity contribution < 1.29 is 19.2 Å². The summed E-state index contributed by atoms with van der Waals surface area (Å²) < 4.78 is 13.5. The standard InChI is InChI=1S/C31H34N6O3/c1-21(22-7-8-22)40-31(38)35-24-11-9-23(10-12-24)30-28(18-32)27-14-13-26(17-29(27)37(30)25-5-4-6-25)39-16-3-2-15-36-20-33-19-34-36/h9-14,17,19-22,25H,2-8,15-16H2,1H3,(H,35,38)/p+1/t21-/m1/s1. The van der Waals surface area contributed by atoms with E-state index in [-0.39, 0.29) is 6.10 Å². The van der Waals surface area contributed by atoms with E-state index < -0.39 is 6.09 Å². The van der Waals surface area contributed by atoms with Crippen LogP contribution in [0.3, 0.4) is 0 Å². The average Bonchev–Trinajstić information content (AvgIpc) is 3.57. The molecule has 1 amide bonds. The molecule has 0 bridgehead atoms. The van der Waals surface area contributed by atoms with Gasteiger partial charge in [0.15, 0.2) is 5.70 Å². The molecular weight excluding hydrogens is 504 g/mol. The van der Waals surface area contributed by atoms with Gasteiger partial charge in [0.1, 0.15) is 41.8 Å². The first kappa shape index (κ1) is 26.1. The highest BCUT2D eigenvalue weighted by Gasteiger charge is 2.43. The van der Waals surface area contributed by atoms with Gasteiger partial charge < -0.3 is 9.47 Å². The number of benzene rings is 2. The predicted molar refractivity (Wildman–Crippen MR) is 151 cm³/mol. The lowest BCUT2D eigenvalue weighted by atomic mass is 9.90. The number of quaternary nitrogens is 1. The second-order valence-corrected chi connectivity index (χ2v) is 11.0. The van der Waals surface area contributed by atoms with Crippen LogP contribution in [0.1, 0.15) is 63.0 Å². The fourth-order valence-corrected chi connectivity index (χ4v) is 5.61. The summed E-state index contributed by atoms with van der Waals surface area (Å²) >= 11 is 0. The van der Waals surface area contributed by atoms with Gasteiger partial charge in [0.2, 0.25) is 0 Å². The summed E-state index contributed by atoms with van der Waals surface area (Å²) in [5.74, 6) is 1.32. The van der Waals surface area contributed by atoms with Crippen molar-refractivity contribution in [3.05, 3.63) is 66.2 Å². The average molecular weight is 540 g/mol. The number of nitrogens with zero attached hydrogens (tertiary/aromatic N) is 4. The van der Waals surface area contributed by atoms with E-state index in [9.17, 15) is 10.1 Å². The van der Waals surface area contributed by atoms with E-state index in [1.54, 1.807) is 12.7 Å². The maximum atomic E-state index is 12.3. The molecule has 40 heavy (non-hydrogen) atoms. The van der Waals surface area contributed by atoms with Crippen molar-refractivity contribution >= 4 is 28.7 Å². The van der Waals surface area contributed by atoms with Crippen LogP contribution in [-0.2, 0) is 11.3 Å². The zero-order chi connectivity index (χ0) is 27.5. The molecule has 0 saturated heterocycles. The molecule has 1 unspecified atom stereocenters. The van der Waals surface area contributed by atoms with Crippen LogP contribution in [0.2, 0.25) is 0 Å². The van der Waals surface area contributed by atoms with E-state index in [1.165, 1.54) is 11.3 Å². The molecule has 0 radical (unpaired) electrons. The van der Waals surface area contributed by atoms with Crippen LogP contribution in [0.4, 0.5) is 16.2 Å². The Hall–Kier alpha value is -4.16. The summed E-state index contributed by atoms with van der Waals surface area (Å²) in [5, 5.41) is 17.2. The van der Waals surface area contributed by atoms with E-state index in [4.69, 9.17) is 9.47 Å². The molecule has 206 valence electrons. The number of carbonyl (C=O) groups is 1. The summed E-state index contributed by atoms with van der Waals surface area (Å²) in [5.41, 5.74) is 5.44. The highest BCUT2D eigenvalue weighted by Crippen LogP contribution is 2.38. The second-order valence-electron chi connectivity index (χ2n) is 11.0. The van der Waals surface area contributed by atoms with Crippen LogP contribution in [0.15, 0.2) is 55.1 Å². The third-order valence-electron chi connectivity index (χ3n) is 8.21. The number of aromatic nitrogens is 3. The lowest BCUT2D eigenvalue weighted by molar-refractivity contribution is -0.789. The molecule has 2 heterocycles. The zero-order valence-electron chi connectivity index (χ0n) is 22.8. The lowest BCUT2D eigenvalue weighted by Gasteiger charge is -2.33. The number of unbranched alkanes of at least 4 members (excludes halogenated alkanes) is 1. The molecule has 1 aromatic heterocycles. The molecule has 0 spiro atoms. The number of nitrogens with one attached hydrogen (secondary N) is 2. The quantitative estimate of drug-likeness (QED) is 0.334. The van der Waals surface area contributed by atoms with Gasteiger partial charge in [-0.15, -0.1) is 0 Å². The molecule has 1 aliphatic heterocycles. The number of allylic oxidation sites excluding steroid dienone is 1. The number of aryl methyl sites for hydroxylation is 1. The SMILES string of the molecule is C[C@@H](OC(=O)Nc1ccc(C2=C(C#N)c3ccc(OCCCCn4cncn4)cc3[NH+]2C2CCC2)cc1)C1CC1. The van der Waals surface area contributed by atoms with Crippen LogP contribution in [-0.4, -0.2) is 39.6 Å². The van der Waals surface area contributed by atoms with Crippen molar-refractivity contribution in [1.82, 2.24) is 14.8 Å². The monoisotopic (exact) mass is 539 g/mol. The fraction of sp³-hybridized carbons (Fsp3) is 0.419. The predicted octanol–water partition coefficient (Wildman–Crippen LogP) is 4.96. The van der Waals surface area contributed by atoms with Gasteiger partial charge >= 0.3 is 6.09 Å². The van der Waals surface area contributed by atoms with E-state index >= 15 is 0 Å². The van der Waals surface area contributed by atoms with Gasteiger partial charge in [0.05, 0.1) is 18.2 Å². The largest absolute Gasteiger partial charge is 0.493 e. The Bertz CT molecular complexity index is 1420. The number of rotatable bonds is 11. The highest BCUT2D eigenvalue weighted by atomic mass is 16.6. The van der Waals surface area contributed by atoms with Crippen molar-refractivity contribution in [3.63, 3.8) is 0 Å². The van der Waals surface area contributed by atoms with E-state index in [2.05, 4.69) is 27.5 Å². The molecular formula is C31H35N6O3+. The molecule has 3 aromatic rings. The Balaban J connectivity index is 1.16. The Labute approximate surface area is 234 Å². The minimum Gasteiger partial charge on any atom is -0.493 e. The van der Waals surface area contributed by atoms with Gasteiger partial charge in [0.25, 0.3) is 0 Å². The van der Waals surface area contributed by atoms with Gasteiger partial charge in [-0.3, -0.25) is 14.9 Å². The van der Waals surface area contributed by atoms with Crippen LogP contribution >= 0.6 is 0 Å². The Kier molecular flexibility index (Phi) is 7.51. The maximum Gasteiger partial charge on any atom is 0.411 e. The van der Waals surface area contributed by atoms with Crippen molar-refractivity contribution in [2.45, 2.75) is 70.6 Å². The van der Waals surface area contributed by atoms with Gasteiger partial charge in [-0.1, -0.05) is 0 Å². The van der Waals surface area contributed by atoms with Crippen molar-refractivity contribution in [1.29, 1.82) is 5.26 Å². The van der Waals surface area contributed by atoms with Gasteiger partial charge in [0, 0.05) is 36.7 Å². The minimum atomic E-state index is -0.426.